The molecule has 2 aromatic rings. The van der Waals surface area contributed by atoms with Crippen molar-refractivity contribution in [3.63, 3.8) is 0 Å². The van der Waals surface area contributed by atoms with Crippen LogP contribution in [0.1, 0.15) is 31.9 Å². The van der Waals surface area contributed by atoms with Crippen LogP contribution < -0.4 is 9.62 Å². The van der Waals surface area contributed by atoms with Gasteiger partial charge in [-0.3, -0.25) is 9.10 Å². The van der Waals surface area contributed by atoms with E-state index in [1.807, 2.05) is 36.4 Å². The minimum atomic E-state index is -3.58. The number of nitrogens with zero attached hydrogens (tertiary/aromatic N) is 1. The van der Waals surface area contributed by atoms with E-state index in [0.717, 1.165) is 32.5 Å². The summed E-state index contributed by atoms with van der Waals surface area (Å²) >= 11 is 7.79. The number of carbonyl (C=O) groups is 1. The van der Waals surface area contributed by atoms with Gasteiger partial charge in [-0.2, -0.15) is 11.8 Å². The Morgan fingerprint density at radius 3 is 2.30 bits per heavy atom. The molecule has 0 aliphatic heterocycles. The number of nitrogens with one attached hydrogen (secondary N) is 1. The molecule has 0 fully saturated rings. The zero-order valence-corrected chi connectivity index (χ0v) is 20.2. The number of halogens is 1. The largest absolute Gasteiger partial charge is 0.354 e. The molecule has 0 saturated carbocycles. The first-order valence-corrected chi connectivity index (χ1v) is 13.0. The summed E-state index contributed by atoms with van der Waals surface area (Å²) in [6.45, 7) is 6.48. The van der Waals surface area contributed by atoms with Crippen LogP contribution in [0.5, 0.6) is 0 Å². The molecule has 1 N–H and O–H groups in total. The Balaban J connectivity index is 1.89. The van der Waals surface area contributed by atoms with Gasteiger partial charge in [-0.15, -0.1) is 0 Å². The number of hydrogen-bond acceptors (Lipinski definition) is 4. The van der Waals surface area contributed by atoms with E-state index in [0.29, 0.717) is 18.0 Å². The van der Waals surface area contributed by atoms with Crippen LogP contribution in [0.3, 0.4) is 0 Å². The number of hydrogen-bond donors (Lipinski definition) is 1. The van der Waals surface area contributed by atoms with Gasteiger partial charge >= 0.3 is 0 Å². The number of sulfonamides is 1. The van der Waals surface area contributed by atoms with E-state index in [1.54, 1.807) is 23.9 Å². The summed E-state index contributed by atoms with van der Waals surface area (Å²) in [4.78, 5) is 12.3. The molecule has 2 rings (SSSR count). The second-order valence-corrected chi connectivity index (χ2v) is 11.5. The Bertz CT molecular complexity index is 955. The van der Waals surface area contributed by atoms with Crippen molar-refractivity contribution in [1.29, 1.82) is 0 Å². The van der Waals surface area contributed by atoms with Crippen molar-refractivity contribution in [3.05, 3.63) is 64.7 Å². The summed E-state index contributed by atoms with van der Waals surface area (Å²) in [5.41, 5.74) is 2.60. The van der Waals surface area contributed by atoms with Crippen LogP contribution in [-0.2, 0) is 26.0 Å². The van der Waals surface area contributed by atoms with E-state index in [4.69, 9.17) is 11.6 Å². The quantitative estimate of drug-likeness (QED) is 0.552. The zero-order chi connectivity index (χ0) is 22.4. The molecule has 0 atom stereocenters. The minimum Gasteiger partial charge on any atom is -0.354 e. The van der Waals surface area contributed by atoms with Gasteiger partial charge in [-0.25, -0.2) is 8.42 Å². The lowest BCUT2D eigenvalue weighted by Gasteiger charge is -2.24. The predicted molar refractivity (Wildman–Crippen MR) is 128 cm³/mol. The monoisotopic (exact) mass is 468 g/mol. The van der Waals surface area contributed by atoms with Crippen molar-refractivity contribution < 1.29 is 13.2 Å². The maximum Gasteiger partial charge on any atom is 0.240 e. The molecule has 0 heterocycles. The molecule has 2 aromatic carbocycles. The lowest BCUT2D eigenvalue weighted by atomic mass is 9.87. The Labute approximate surface area is 189 Å². The molecular formula is C22H29ClN2O3S2. The molecule has 0 unspecified atom stereocenters. The number of carbonyl (C=O) groups excluding carboxylic acids is 1. The molecule has 0 saturated heterocycles. The maximum atomic E-state index is 12.3. The molecule has 0 spiro atoms. The van der Waals surface area contributed by atoms with Crippen molar-refractivity contribution in [3.8, 4) is 0 Å². The maximum absolute atomic E-state index is 12.3. The normalized spacial score (nSPS) is 11.9. The van der Waals surface area contributed by atoms with Crippen molar-refractivity contribution in [2.75, 3.05) is 29.4 Å². The van der Waals surface area contributed by atoms with Crippen molar-refractivity contribution in [2.24, 2.45) is 0 Å². The summed E-state index contributed by atoms with van der Waals surface area (Å²) in [6.07, 6.45) is 1.11. The Morgan fingerprint density at radius 1 is 1.10 bits per heavy atom. The van der Waals surface area contributed by atoms with Gasteiger partial charge in [0, 0.05) is 23.1 Å². The van der Waals surface area contributed by atoms with Gasteiger partial charge in [0.25, 0.3) is 0 Å². The topological polar surface area (TPSA) is 66.5 Å². The van der Waals surface area contributed by atoms with Gasteiger partial charge in [0.15, 0.2) is 0 Å². The van der Waals surface area contributed by atoms with Crippen LogP contribution in [0.4, 0.5) is 5.69 Å². The minimum absolute atomic E-state index is 0.0343. The van der Waals surface area contributed by atoms with Gasteiger partial charge in [0.2, 0.25) is 15.9 Å². The molecule has 30 heavy (non-hydrogen) atoms. The van der Waals surface area contributed by atoms with Crippen molar-refractivity contribution in [1.82, 2.24) is 5.32 Å². The number of thioether (sulfide) groups is 1. The zero-order valence-electron chi connectivity index (χ0n) is 17.8. The lowest BCUT2D eigenvalue weighted by Crippen LogP contribution is -2.41. The highest BCUT2D eigenvalue weighted by Crippen LogP contribution is 2.26. The van der Waals surface area contributed by atoms with Crippen molar-refractivity contribution >= 4 is 45.0 Å². The molecule has 164 valence electrons. The molecule has 1 amide bonds. The van der Waals surface area contributed by atoms with Crippen molar-refractivity contribution in [2.45, 2.75) is 31.9 Å². The fraction of sp³-hybridized carbons (Fsp3) is 0.409. The third-order valence-electron chi connectivity index (χ3n) is 4.49. The third-order valence-corrected chi connectivity index (χ3v) is 7.01. The first-order chi connectivity index (χ1) is 14.0. The molecule has 0 aliphatic rings. The van der Waals surface area contributed by atoms with E-state index >= 15 is 0 Å². The number of benzene rings is 2. The number of amides is 1. The molecule has 0 aliphatic carbocycles. The second kappa shape index (κ2) is 10.6. The molecule has 5 nitrogen and oxygen atoms in total. The average Bonchev–Trinajstić information content (AvgIpc) is 2.66. The van der Waals surface area contributed by atoms with Crippen LogP contribution in [0.2, 0.25) is 5.02 Å². The molecule has 0 bridgehead atoms. The Kier molecular flexibility index (Phi) is 8.64. The van der Waals surface area contributed by atoms with Crippen LogP contribution in [0.15, 0.2) is 48.5 Å². The molecule has 0 aromatic heterocycles. The smallest absolute Gasteiger partial charge is 0.240 e. The summed E-state index contributed by atoms with van der Waals surface area (Å²) in [5, 5.41) is 3.52. The Morgan fingerprint density at radius 2 is 1.73 bits per heavy atom. The van der Waals surface area contributed by atoms with Crippen LogP contribution in [-0.4, -0.2) is 39.4 Å². The van der Waals surface area contributed by atoms with E-state index in [-0.39, 0.29) is 17.9 Å². The van der Waals surface area contributed by atoms with Gasteiger partial charge in [0.05, 0.1) is 11.9 Å². The highest BCUT2D eigenvalue weighted by Gasteiger charge is 2.21. The summed E-state index contributed by atoms with van der Waals surface area (Å²) in [5.74, 6) is 1.13. The second-order valence-electron chi connectivity index (χ2n) is 8.06. The van der Waals surface area contributed by atoms with Crippen LogP contribution in [0, 0.1) is 0 Å². The highest BCUT2D eigenvalue weighted by molar-refractivity contribution is 7.98. The fourth-order valence-corrected chi connectivity index (χ4v) is 4.77. The van der Waals surface area contributed by atoms with E-state index < -0.39 is 10.0 Å². The van der Waals surface area contributed by atoms with Gasteiger partial charge < -0.3 is 5.32 Å². The fourth-order valence-electron chi connectivity index (χ4n) is 2.77. The molecular weight excluding hydrogens is 440 g/mol. The summed E-state index contributed by atoms with van der Waals surface area (Å²) in [6, 6.07) is 14.9. The van der Waals surface area contributed by atoms with Crippen LogP contribution >= 0.6 is 23.4 Å². The third kappa shape index (κ3) is 7.52. The first-order valence-electron chi connectivity index (χ1n) is 9.64. The summed E-state index contributed by atoms with van der Waals surface area (Å²) in [7, 11) is -3.58. The molecule has 0 radical (unpaired) electrons. The predicted octanol–water partition coefficient (Wildman–Crippen LogP) is 4.45. The number of rotatable bonds is 9. The highest BCUT2D eigenvalue weighted by atomic mass is 35.5. The number of anilines is 1. The standard InChI is InChI=1S/C22H29ClN2O3S2/c1-22(2,3)18-9-11-19(12-10-18)25(30(4,27)28)15-21(26)24-13-14-29-16-17-7-5-6-8-20(17)23/h5-12H,13-16H2,1-4H3,(H,24,26). The van der Waals surface area contributed by atoms with Gasteiger partial charge in [-0.1, -0.05) is 62.7 Å². The SMILES string of the molecule is CC(C)(C)c1ccc(N(CC(=O)NCCSCc2ccccc2Cl)S(C)(=O)=O)cc1. The molecule has 8 heteroatoms. The first kappa shape index (κ1) is 24.6. The lowest BCUT2D eigenvalue weighted by molar-refractivity contribution is -0.119. The van der Waals surface area contributed by atoms with E-state index in [9.17, 15) is 13.2 Å². The van der Waals surface area contributed by atoms with Gasteiger partial charge in [0.1, 0.15) is 6.54 Å². The van der Waals surface area contributed by atoms with E-state index in [1.165, 1.54) is 0 Å². The van der Waals surface area contributed by atoms with Crippen LogP contribution in [0.25, 0.3) is 0 Å². The average molecular weight is 469 g/mol. The Hall–Kier alpha value is -1.70. The van der Waals surface area contributed by atoms with E-state index in [2.05, 4.69) is 26.1 Å². The summed E-state index contributed by atoms with van der Waals surface area (Å²) < 4.78 is 25.6. The van der Waals surface area contributed by atoms with Gasteiger partial charge in [-0.05, 0) is 34.7 Å².